The molecule has 0 nitrogen and oxygen atoms in total. The molecule has 78 valence electrons. The van der Waals surface area contributed by atoms with Gasteiger partial charge in [0.2, 0.25) is 0 Å². The lowest BCUT2D eigenvalue weighted by molar-refractivity contribution is 1.18. The molecule has 0 amide bonds. The molecule has 0 N–H and O–H groups in total. The SMILES string of the molecule is CCc1c2ccccc2cc2ccccc12. The van der Waals surface area contributed by atoms with E-state index in [4.69, 9.17) is 0 Å². The predicted molar refractivity (Wildman–Crippen MR) is 70.8 cm³/mol. The van der Waals surface area contributed by atoms with E-state index in [9.17, 15) is 0 Å². The van der Waals surface area contributed by atoms with Crippen LogP contribution in [-0.4, -0.2) is 0 Å². The summed E-state index contributed by atoms with van der Waals surface area (Å²) in [4.78, 5) is 0. The van der Waals surface area contributed by atoms with Gasteiger partial charge in [-0.05, 0) is 39.6 Å². The molecule has 0 atom stereocenters. The summed E-state index contributed by atoms with van der Waals surface area (Å²) in [6, 6.07) is 19.6. The lowest BCUT2D eigenvalue weighted by atomic mass is 9.95. The summed E-state index contributed by atoms with van der Waals surface area (Å²) >= 11 is 0. The third-order valence-corrected chi connectivity index (χ3v) is 3.24. The van der Waals surface area contributed by atoms with E-state index >= 15 is 0 Å². The smallest absolute Gasteiger partial charge is 0.0146 e. The van der Waals surface area contributed by atoms with Crippen LogP contribution in [0.1, 0.15) is 12.5 Å². The fraction of sp³-hybridized carbons (Fsp3) is 0.125. The summed E-state index contributed by atoms with van der Waals surface area (Å²) in [6.45, 7) is 2.23. The normalized spacial score (nSPS) is 11.1. The Labute approximate surface area is 95.5 Å². The molecule has 0 spiro atoms. The van der Waals surface area contributed by atoms with Gasteiger partial charge < -0.3 is 0 Å². The Morgan fingerprint density at radius 3 is 1.75 bits per heavy atom. The van der Waals surface area contributed by atoms with Crippen LogP contribution >= 0.6 is 0 Å². The molecule has 3 aromatic rings. The van der Waals surface area contributed by atoms with Crippen molar-refractivity contribution in [3.8, 4) is 0 Å². The molecular weight excluding hydrogens is 192 g/mol. The van der Waals surface area contributed by atoms with Gasteiger partial charge in [0, 0.05) is 0 Å². The number of hydrogen-bond donors (Lipinski definition) is 0. The molecule has 0 aliphatic carbocycles. The van der Waals surface area contributed by atoms with Crippen LogP contribution in [0.2, 0.25) is 0 Å². The summed E-state index contributed by atoms with van der Waals surface area (Å²) in [5.74, 6) is 0. The van der Waals surface area contributed by atoms with Crippen LogP contribution in [-0.2, 0) is 6.42 Å². The molecule has 0 fully saturated rings. The maximum absolute atomic E-state index is 2.28. The maximum Gasteiger partial charge on any atom is -0.0146 e. The van der Waals surface area contributed by atoms with Crippen molar-refractivity contribution in [1.29, 1.82) is 0 Å². The van der Waals surface area contributed by atoms with Crippen LogP contribution in [0.4, 0.5) is 0 Å². The summed E-state index contributed by atoms with van der Waals surface area (Å²) < 4.78 is 0. The van der Waals surface area contributed by atoms with Crippen molar-refractivity contribution in [2.45, 2.75) is 13.3 Å². The number of aryl methyl sites for hydroxylation is 1. The average molecular weight is 206 g/mol. The molecular formula is C16H14. The van der Waals surface area contributed by atoms with Gasteiger partial charge in [-0.1, -0.05) is 55.5 Å². The molecule has 0 aliphatic rings. The fourth-order valence-electron chi connectivity index (χ4n) is 2.49. The number of hydrogen-bond acceptors (Lipinski definition) is 0. The molecule has 0 unspecified atom stereocenters. The Balaban J connectivity index is 2.56. The van der Waals surface area contributed by atoms with E-state index in [2.05, 4.69) is 61.5 Å². The van der Waals surface area contributed by atoms with Crippen LogP contribution in [0.3, 0.4) is 0 Å². The zero-order chi connectivity index (χ0) is 11.0. The van der Waals surface area contributed by atoms with E-state index in [1.165, 1.54) is 27.1 Å². The molecule has 0 radical (unpaired) electrons. The van der Waals surface area contributed by atoms with E-state index in [1.54, 1.807) is 0 Å². The van der Waals surface area contributed by atoms with E-state index in [0.717, 1.165) is 6.42 Å². The van der Waals surface area contributed by atoms with Crippen molar-refractivity contribution in [1.82, 2.24) is 0 Å². The minimum absolute atomic E-state index is 1.09. The topological polar surface area (TPSA) is 0 Å². The van der Waals surface area contributed by atoms with Crippen molar-refractivity contribution < 1.29 is 0 Å². The number of benzene rings is 3. The van der Waals surface area contributed by atoms with Gasteiger partial charge in [0.05, 0.1) is 0 Å². The van der Waals surface area contributed by atoms with Crippen molar-refractivity contribution in [3.05, 3.63) is 60.2 Å². The van der Waals surface area contributed by atoms with Gasteiger partial charge in [0.15, 0.2) is 0 Å². The third kappa shape index (κ3) is 1.30. The first-order valence-electron chi connectivity index (χ1n) is 5.79. The van der Waals surface area contributed by atoms with E-state index in [1.807, 2.05) is 0 Å². The number of rotatable bonds is 1. The highest BCUT2D eigenvalue weighted by molar-refractivity contribution is 6.02. The van der Waals surface area contributed by atoms with Crippen molar-refractivity contribution >= 4 is 21.5 Å². The highest BCUT2D eigenvalue weighted by atomic mass is 14.1. The molecule has 3 rings (SSSR count). The van der Waals surface area contributed by atoms with E-state index < -0.39 is 0 Å². The van der Waals surface area contributed by atoms with Gasteiger partial charge in [0.25, 0.3) is 0 Å². The number of fused-ring (bicyclic) bond motifs is 2. The van der Waals surface area contributed by atoms with E-state index in [0.29, 0.717) is 0 Å². The molecule has 0 heteroatoms. The second-order valence-corrected chi connectivity index (χ2v) is 4.15. The van der Waals surface area contributed by atoms with Crippen LogP contribution in [0, 0.1) is 0 Å². The molecule has 16 heavy (non-hydrogen) atoms. The van der Waals surface area contributed by atoms with Gasteiger partial charge in [-0.3, -0.25) is 0 Å². The monoisotopic (exact) mass is 206 g/mol. The lowest BCUT2D eigenvalue weighted by Crippen LogP contribution is -1.86. The summed E-state index contributed by atoms with van der Waals surface area (Å²) in [6.07, 6.45) is 1.09. The van der Waals surface area contributed by atoms with Gasteiger partial charge in [-0.15, -0.1) is 0 Å². The summed E-state index contributed by atoms with van der Waals surface area (Å²) in [5, 5.41) is 5.48. The lowest BCUT2D eigenvalue weighted by Gasteiger charge is -2.09. The van der Waals surface area contributed by atoms with Crippen molar-refractivity contribution in [3.63, 3.8) is 0 Å². The van der Waals surface area contributed by atoms with Crippen molar-refractivity contribution in [2.24, 2.45) is 0 Å². The van der Waals surface area contributed by atoms with Gasteiger partial charge >= 0.3 is 0 Å². The Kier molecular flexibility index (Phi) is 2.14. The maximum atomic E-state index is 2.28. The molecule has 0 bridgehead atoms. The first kappa shape index (κ1) is 9.41. The van der Waals surface area contributed by atoms with Gasteiger partial charge in [-0.25, -0.2) is 0 Å². The highest BCUT2D eigenvalue weighted by Crippen LogP contribution is 2.28. The van der Waals surface area contributed by atoms with Gasteiger partial charge in [0.1, 0.15) is 0 Å². The molecule has 3 aromatic carbocycles. The third-order valence-electron chi connectivity index (χ3n) is 3.24. The molecule has 0 saturated heterocycles. The quantitative estimate of drug-likeness (QED) is 0.512. The van der Waals surface area contributed by atoms with Crippen LogP contribution in [0.5, 0.6) is 0 Å². The second-order valence-electron chi connectivity index (χ2n) is 4.15. The fourth-order valence-corrected chi connectivity index (χ4v) is 2.49. The van der Waals surface area contributed by atoms with Crippen molar-refractivity contribution in [2.75, 3.05) is 0 Å². The summed E-state index contributed by atoms with van der Waals surface area (Å²) in [7, 11) is 0. The first-order valence-corrected chi connectivity index (χ1v) is 5.79. The summed E-state index contributed by atoms with van der Waals surface area (Å²) in [5.41, 5.74) is 1.47. The molecule has 0 aromatic heterocycles. The second kappa shape index (κ2) is 3.64. The standard InChI is InChI=1S/C16H14/c1-2-14-15-9-5-3-7-12(15)11-13-8-4-6-10-16(13)14/h3-11H,2H2,1H3. The minimum atomic E-state index is 1.09. The molecule has 0 aliphatic heterocycles. The van der Waals surface area contributed by atoms with E-state index in [-0.39, 0.29) is 0 Å². The minimum Gasteiger partial charge on any atom is -0.0616 e. The molecule has 0 heterocycles. The Morgan fingerprint density at radius 2 is 1.25 bits per heavy atom. The Bertz CT molecular complexity index is 596. The van der Waals surface area contributed by atoms with Crippen LogP contribution in [0.25, 0.3) is 21.5 Å². The Morgan fingerprint density at radius 1 is 0.750 bits per heavy atom. The predicted octanol–water partition coefficient (Wildman–Crippen LogP) is 4.56. The Hall–Kier alpha value is -1.82. The van der Waals surface area contributed by atoms with Crippen LogP contribution < -0.4 is 0 Å². The zero-order valence-electron chi connectivity index (χ0n) is 9.40. The zero-order valence-corrected chi connectivity index (χ0v) is 9.40. The molecule has 0 saturated carbocycles. The first-order chi connectivity index (χ1) is 7.90. The highest BCUT2D eigenvalue weighted by Gasteiger charge is 2.04. The average Bonchev–Trinajstić information content (AvgIpc) is 2.36. The van der Waals surface area contributed by atoms with Crippen LogP contribution in [0.15, 0.2) is 54.6 Å². The van der Waals surface area contributed by atoms with Gasteiger partial charge in [-0.2, -0.15) is 0 Å². The largest absolute Gasteiger partial charge is 0.0616 e.